The number of piperazine rings is 1. The Hall–Kier alpha value is -3.56. The zero-order chi connectivity index (χ0) is 24.1. The van der Waals surface area contributed by atoms with Crippen molar-refractivity contribution >= 4 is 52.1 Å². The number of hydrogen-bond acceptors (Lipinski definition) is 6. The van der Waals surface area contributed by atoms with Crippen molar-refractivity contribution in [3.63, 3.8) is 0 Å². The summed E-state index contributed by atoms with van der Waals surface area (Å²) in [5.74, 6) is 0.315. The number of halogens is 1. The van der Waals surface area contributed by atoms with Gasteiger partial charge in [-0.2, -0.15) is 0 Å². The van der Waals surface area contributed by atoms with Gasteiger partial charge < -0.3 is 24.3 Å². The van der Waals surface area contributed by atoms with Gasteiger partial charge in [-0.25, -0.2) is 0 Å². The Labute approximate surface area is 207 Å². The first-order valence-corrected chi connectivity index (χ1v) is 11.4. The van der Waals surface area contributed by atoms with E-state index in [-0.39, 0.29) is 16.9 Å². The molecule has 2 heterocycles. The second-order valence-corrected chi connectivity index (χ2v) is 8.35. The fourth-order valence-corrected chi connectivity index (χ4v) is 4.22. The molecule has 1 fully saturated rings. The molecule has 0 spiro atoms. The Morgan fingerprint density at radius 3 is 2.50 bits per heavy atom. The first-order valence-electron chi connectivity index (χ1n) is 10.6. The molecule has 1 aromatic heterocycles. The molecule has 0 bridgehead atoms. The molecule has 34 heavy (non-hydrogen) atoms. The van der Waals surface area contributed by atoms with E-state index >= 15 is 0 Å². The monoisotopic (exact) mass is 498 g/mol. The van der Waals surface area contributed by atoms with Crippen LogP contribution in [0.3, 0.4) is 0 Å². The van der Waals surface area contributed by atoms with Crippen LogP contribution < -0.4 is 20.3 Å². The standard InChI is InChI=1S/C24H23ClN4O4S/c1-32-20-6-3-2-5-17(20)22(30)27-24(34)26-16-8-9-19(18(25)15-16)28-10-12-29(13-11-28)23(31)21-7-4-14-33-21/h2-9,14-15H,10-13H2,1H3,(H2,26,27,30,34). The number of rotatable bonds is 5. The largest absolute Gasteiger partial charge is 0.496 e. The molecule has 2 N–H and O–H groups in total. The van der Waals surface area contributed by atoms with E-state index in [1.165, 1.54) is 13.4 Å². The molecule has 1 saturated heterocycles. The molecule has 3 aromatic rings. The van der Waals surface area contributed by atoms with E-state index < -0.39 is 0 Å². The maximum atomic E-state index is 12.5. The Balaban J connectivity index is 1.34. The maximum Gasteiger partial charge on any atom is 0.289 e. The summed E-state index contributed by atoms with van der Waals surface area (Å²) in [7, 11) is 1.50. The molecule has 176 valence electrons. The second-order valence-electron chi connectivity index (χ2n) is 7.53. The molecule has 0 saturated carbocycles. The number of thiocarbonyl (C=S) groups is 1. The van der Waals surface area contributed by atoms with Crippen LogP contribution in [0.25, 0.3) is 0 Å². The number of benzene rings is 2. The number of carbonyl (C=O) groups is 2. The predicted molar refractivity (Wildman–Crippen MR) is 135 cm³/mol. The van der Waals surface area contributed by atoms with Crippen LogP contribution in [0.5, 0.6) is 5.75 Å². The summed E-state index contributed by atoms with van der Waals surface area (Å²) < 4.78 is 10.4. The quantitative estimate of drug-likeness (QED) is 0.513. The molecule has 8 nitrogen and oxygen atoms in total. The van der Waals surface area contributed by atoms with Crippen molar-refractivity contribution < 1.29 is 18.7 Å². The van der Waals surface area contributed by atoms with Crippen LogP contribution in [0.1, 0.15) is 20.9 Å². The average Bonchev–Trinajstić information content (AvgIpc) is 3.39. The van der Waals surface area contributed by atoms with Gasteiger partial charge in [0.15, 0.2) is 10.9 Å². The lowest BCUT2D eigenvalue weighted by Crippen LogP contribution is -2.48. The van der Waals surface area contributed by atoms with Gasteiger partial charge in [0.2, 0.25) is 0 Å². The van der Waals surface area contributed by atoms with E-state index in [1.807, 2.05) is 12.1 Å². The molecule has 0 unspecified atom stereocenters. The van der Waals surface area contributed by atoms with Crippen LogP contribution in [-0.2, 0) is 0 Å². The molecule has 0 radical (unpaired) electrons. The number of anilines is 2. The smallest absolute Gasteiger partial charge is 0.289 e. The summed E-state index contributed by atoms with van der Waals surface area (Å²) in [5, 5.41) is 6.31. The third kappa shape index (κ3) is 5.32. The molecule has 0 atom stereocenters. The number of methoxy groups -OCH3 is 1. The zero-order valence-electron chi connectivity index (χ0n) is 18.4. The van der Waals surface area contributed by atoms with E-state index in [0.717, 1.165) is 5.69 Å². The van der Waals surface area contributed by atoms with Gasteiger partial charge in [-0.15, -0.1) is 0 Å². The molecule has 1 aliphatic heterocycles. The Bertz CT molecular complexity index is 1190. The molecular weight excluding hydrogens is 476 g/mol. The number of hydrogen-bond donors (Lipinski definition) is 2. The highest BCUT2D eigenvalue weighted by Gasteiger charge is 2.24. The first-order chi connectivity index (χ1) is 16.5. The number of furan rings is 1. The number of ether oxygens (including phenoxy) is 1. The predicted octanol–water partition coefficient (Wildman–Crippen LogP) is 4.03. The summed E-state index contributed by atoms with van der Waals surface area (Å²) in [6.45, 7) is 2.42. The van der Waals surface area contributed by atoms with Gasteiger partial charge in [0.25, 0.3) is 11.8 Å². The number of nitrogens with one attached hydrogen (secondary N) is 2. The Morgan fingerprint density at radius 2 is 1.82 bits per heavy atom. The molecule has 4 rings (SSSR count). The highest BCUT2D eigenvalue weighted by Crippen LogP contribution is 2.30. The van der Waals surface area contributed by atoms with Gasteiger partial charge in [0.1, 0.15) is 5.75 Å². The number of nitrogens with zero attached hydrogens (tertiary/aromatic N) is 2. The van der Waals surface area contributed by atoms with Crippen LogP contribution in [0.4, 0.5) is 11.4 Å². The van der Waals surface area contributed by atoms with Gasteiger partial charge in [-0.3, -0.25) is 14.9 Å². The lowest BCUT2D eigenvalue weighted by Gasteiger charge is -2.36. The Morgan fingerprint density at radius 1 is 1.06 bits per heavy atom. The van der Waals surface area contributed by atoms with E-state index in [2.05, 4.69) is 15.5 Å². The molecular formula is C24H23ClN4O4S. The van der Waals surface area contributed by atoms with E-state index in [9.17, 15) is 9.59 Å². The van der Waals surface area contributed by atoms with Crippen molar-refractivity contribution in [2.75, 3.05) is 43.5 Å². The van der Waals surface area contributed by atoms with Crippen LogP contribution >= 0.6 is 23.8 Å². The van der Waals surface area contributed by atoms with Crippen molar-refractivity contribution in [1.29, 1.82) is 0 Å². The number of carbonyl (C=O) groups excluding carboxylic acids is 2. The summed E-state index contributed by atoms with van der Waals surface area (Å²) in [4.78, 5) is 28.9. The fourth-order valence-electron chi connectivity index (χ4n) is 3.71. The van der Waals surface area contributed by atoms with Crippen molar-refractivity contribution in [1.82, 2.24) is 10.2 Å². The van der Waals surface area contributed by atoms with E-state index in [1.54, 1.807) is 47.4 Å². The van der Waals surface area contributed by atoms with Crippen molar-refractivity contribution in [3.8, 4) is 5.75 Å². The molecule has 10 heteroatoms. The van der Waals surface area contributed by atoms with Gasteiger partial charge in [-0.05, 0) is 54.7 Å². The maximum absolute atomic E-state index is 12.5. The minimum atomic E-state index is -0.375. The average molecular weight is 499 g/mol. The molecule has 2 amide bonds. The second kappa shape index (κ2) is 10.6. The zero-order valence-corrected chi connectivity index (χ0v) is 20.0. The van der Waals surface area contributed by atoms with Crippen molar-refractivity contribution in [3.05, 3.63) is 77.2 Å². The van der Waals surface area contributed by atoms with Crippen molar-refractivity contribution in [2.45, 2.75) is 0 Å². The minimum Gasteiger partial charge on any atom is -0.496 e. The van der Waals surface area contributed by atoms with Crippen molar-refractivity contribution in [2.24, 2.45) is 0 Å². The molecule has 1 aliphatic rings. The number of para-hydroxylation sites is 1. The van der Waals surface area contributed by atoms with E-state index in [4.69, 9.17) is 33.0 Å². The van der Waals surface area contributed by atoms with Gasteiger partial charge in [0, 0.05) is 31.9 Å². The highest BCUT2D eigenvalue weighted by atomic mass is 35.5. The third-order valence-electron chi connectivity index (χ3n) is 5.42. The van der Waals surface area contributed by atoms with Crippen LogP contribution in [0.2, 0.25) is 5.02 Å². The summed E-state index contributed by atoms with van der Waals surface area (Å²) in [6.07, 6.45) is 1.49. The normalized spacial score (nSPS) is 13.4. The van der Waals surface area contributed by atoms with Crippen LogP contribution in [-0.4, -0.2) is 55.1 Å². The third-order valence-corrected chi connectivity index (χ3v) is 5.93. The van der Waals surface area contributed by atoms with Gasteiger partial charge >= 0.3 is 0 Å². The summed E-state index contributed by atoms with van der Waals surface area (Å²) in [6, 6.07) is 15.7. The summed E-state index contributed by atoms with van der Waals surface area (Å²) in [5.41, 5.74) is 1.89. The van der Waals surface area contributed by atoms with E-state index in [0.29, 0.717) is 54.0 Å². The SMILES string of the molecule is COc1ccccc1C(=O)NC(=S)Nc1ccc(N2CCN(C(=O)c3ccco3)CC2)c(Cl)c1. The topological polar surface area (TPSA) is 87.0 Å². The van der Waals surface area contributed by atoms with Crippen LogP contribution in [0.15, 0.2) is 65.3 Å². The van der Waals surface area contributed by atoms with Crippen LogP contribution in [0, 0.1) is 0 Å². The Kier molecular flexibility index (Phi) is 7.34. The first kappa shape index (κ1) is 23.6. The summed E-state index contributed by atoms with van der Waals surface area (Å²) >= 11 is 11.8. The van der Waals surface area contributed by atoms with Gasteiger partial charge in [-0.1, -0.05) is 23.7 Å². The molecule has 2 aromatic carbocycles. The number of amides is 2. The lowest BCUT2D eigenvalue weighted by atomic mass is 10.2. The fraction of sp³-hybridized carbons (Fsp3) is 0.208. The highest BCUT2D eigenvalue weighted by molar-refractivity contribution is 7.80. The minimum absolute atomic E-state index is 0.112. The lowest BCUT2D eigenvalue weighted by molar-refractivity contribution is 0.0714. The molecule has 0 aliphatic carbocycles. The van der Waals surface area contributed by atoms with Gasteiger partial charge in [0.05, 0.1) is 29.6 Å².